The number of sulfonamides is 1. The van der Waals surface area contributed by atoms with E-state index in [1.165, 1.54) is 19.0 Å². The topological polar surface area (TPSA) is 78.1 Å². The zero-order valence-electron chi connectivity index (χ0n) is 12.2. The molecule has 0 aliphatic carbocycles. The average Bonchev–Trinajstić information content (AvgIpc) is 2.85. The van der Waals surface area contributed by atoms with Gasteiger partial charge in [-0.1, -0.05) is 13.3 Å². The summed E-state index contributed by atoms with van der Waals surface area (Å²) in [6.07, 6.45) is 5.53. The second-order valence-electron chi connectivity index (χ2n) is 5.45. The number of nitrogens with one attached hydrogen (secondary N) is 2. The third-order valence-corrected chi connectivity index (χ3v) is 5.44. The molecular weight excluding hydrogens is 276 g/mol. The molecule has 2 rings (SSSR count). The number of aryl methyl sites for hydroxylation is 1. The van der Waals surface area contributed by atoms with Crippen molar-refractivity contribution in [2.24, 2.45) is 0 Å². The second kappa shape index (κ2) is 6.69. The van der Waals surface area contributed by atoms with E-state index >= 15 is 0 Å². The number of piperidine rings is 1. The van der Waals surface area contributed by atoms with Crippen molar-refractivity contribution in [1.29, 1.82) is 0 Å². The number of likely N-dealkylation sites (tertiary alicyclic amines) is 1. The molecular formula is C13H24N4O2S. The molecule has 20 heavy (non-hydrogen) atoms. The molecule has 114 valence electrons. The fraction of sp³-hybridized carbons (Fsp3) is 0.769. The first kappa shape index (κ1) is 15.5. The Labute approximate surface area is 121 Å². The summed E-state index contributed by atoms with van der Waals surface area (Å²) >= 11 is 0. The van der Waals surface area contributed by atoms with Crippen molar-refractivity contribution in [1.82, 2.24) is 19.8 Å². The largest absolute Gasteiger partial charge is 0.303 e. The smallest absolute Gasteiger partial charge is 0.244 e. The van der Waals surface area contributed by atoms with Gasteiger partial charge in [-0.25, -0.2) is 13.1 Å². The first-order chi connectivity index (χ1) is 9.53. The van der Waals surface area contributed by atoms with E-state index in [-0.39, 0.29) is 10.9 Å². The monoisotopic (exact) mass is 300 g/mol. The maximum absolute atomic E-state index is 12.3. The highest BCUT2D eigenvalue weighted by atomic mass is 32.2. The summed E-state index contributed by atoms with van der Waals surface area (Å²) in [5, 5.41) is 6.44. The van der Waals surface area contributed by atoms with E-state index in [4.69, 9.17) is 0 Å². The molecule has 1 saturated heterocycles. The minimum atomic E-state index is -3.44. The van der Waals surface area contributed by atoms with Crippen LogP contribution in [0.15, 0.2) is 11.1 Å². The van der Waals surface area contributed by atoms with Crippen LogP contribution in [0.2, 0.25) is 0 Å². The van der Waals surface area contributed by atoms with Crippen LogP contribution in [0.1, 0.15) is 38.3 Å². The summed E-state index contributed by atoms with van der Waals surface area (Å²) in [4.78, 5) is 2.67. The van der Waals surface area contributed by atoms with Gasteiger partial charge in [0.25, 0.3) is 0 Å². The average molecular weight is 300 g/mol. The molecule has 1 fully saturated rings. The van der Waals surface area contributed by atoms with Crippen LogP contribution in [0.4, 0.5) is 0 Å². The summed E-state index contributed by atoms with van der Waals surface area (Å²) < 4.78 is 27.3. The molecule has 0 unspecified atom stereocenters. The number of aromatic amines is 1. The summed E-state index contributed by atoms with van der Waals surface area (Å²) in [6, 6.07) is 0.0344. The van der Waals surface area contributed by atoms with Gasteiger partial charge in [0.15, 0.2) is 0 Å². The molecule has 0 aromatic carbocycles. The van der Waals surface area contributed by atoms with Gasteiger partial charge in [-0.2, -0.15) is 5.10 Å². The highest BCUT2D eigenvalue weighted by molar-refractivity contribution is 7.89. The molecule has 7 heteroatoms. The van der Waals surface area contributed by atoms with Crippen molar-refractivity contribution in [3.63, 3.8) is 0 Å². The molecule has 2 heterocycles. The second-order valence-corrected chi connectivity index (χ2v) is 7.13. The van der Waals surface area contributed by atoms with Gasteiger partial charge in [-0.05, 0) is 45.8 Å². The Kier molecular flexibility index (Phi) is 5.17. The molecule has 6 nitrogen and oxygen atoms in total. The molecule has 0 spiro atoms. The van der Waals surface area contributed by atoms with Crippen LogP contribution in [0.5, 0.6) is 0 Å². The van der Waals surface area contributed by atoms with Crippen LogP contribution < -0.4 is 4.72 Å². The zero-order valence-corrected chi connectivity index (χ0v) is 13.0. The van der Waals surface area contributed by atoms with Crippen molar-refractivity contribution < 1.29 is 8.42 Å². The lowest BCUT2D eigenvalue weighted by atomic mass is 10.1. The van der Waals surface area contributed by atoms with Crippen LogP contribution >= 0.6 is 0 Å². The van der Waals surface area contributed by atoms with E-state index in [1.54, 1.807) is 6.92 Å². The third-order valence-electron chi connectivity index (χ3n) is 3.81. The molecule has 1 aromatic heterocycles. The van der Waals surface area contributed by atoms with Gasteiger partial charge >= 0.3 is 0 Å². The van der Waals surface area contributed by atoms with Crippen LogP contribution in [-0.4, -0.2) is 49.2 Å². The minimum absolute atomic E-state index is 0.0344. The fourth-order valence-corrected chi connectivity index (χ4v) is 3.99. The number of H-pyrrole nitrogens is 1. The summed E-state index contributed by atoms with van der Waals surface area (Å²) in [6.45, 7) is 6.97. The lowest BCUT2D eigenvalue weighted by Gasteiger charge is -2.32. The van der Waals surface area contributed by atoms with E-state index in [0.717, 1.165) is 32.5 Å². The van der Waals surface area contributed by atoms with E-state index < -0.39 is 10.0 Å². The predicted molar refractivity (Wildman–Crippen MR) is 78.0 cm³/mol. The van der Waals surface area contributed by atoms with Crippen molar-refractivity contribution >= 4 is 10.0 Å². The number of aromatic nitrogens is 2. The van der Waals surface area contributed by atoms with Crippen molar-refractivity contribution in [2.45, 2.75) is 50.5 Å². The number of rotatable bonds is 6. The van der Waals surface area contributed by atoms with Gasteiger partial charge in [-0.15, -0.1) is 0 Å². The van der Waals surface area contributed by atoms with Crippen LogP contribution in [-0.2, 0) is 10.0 Å². The van der Waals surface area contributed by atoms with Gasteiger partial charge < -0.3 is 4.90 Å². The quantitative estimate of drug-likeness (QED) is 0.829. The normalized spacial score (nSPS) is 18.5. The Balaban J connectivity index is 1.88. The Morgan fingerprint density at radius 2 is 2.15 bits per heavy atom. The highest BCUT2D eigenvalue weighted by Crippen LogP contribution is 2.16. The minimum Gasteiger partial charge on any atom is -0.303 e. The maximum Gasteiger partial charge on any atom is 0.244 e. The van der Waals surface area contributed by atoms with Gasteiger partial charge in [0.2, 0.25) is 10.0 Å². The molecule has 0 amide bonds. The molecule has 2 N–H and O–H groups in total. The number of hydrogen-bond donors (Lipinski definition) is 2. The van der Waals surface area contributed by atoms with Gasteiger partial charge in [-0.3, -0.25) is 5.10 Å². The Morgan fingerprint density at radius 1 is 1.45 bits per heavy atom. The number of unbranched alkanes of at least 4 members (excludes halogenated alkanes) is 1. The lowest BCUT2D eigenvalue weighted by Crippen LogP contribution is -2.44. The summed E-state index contributed by atoms with van der Waals surface area (Å²) in [5.74, 6) is 0. The molecule has 0 atom stereocenters. The van der Waals surface area contributed by atoms with Crippen LogP contribution in [0.3, 0.4) is 0 Å². The van der Waals surface area contributed by atoms with Crippen molar-refractivity contribution in [3.8, 4) is 0 Å². The van der Waals surface area contributed by atoms with Crippen LogP contribution in [0.25, 0.3) is 0 Å². The van der Waals surface area contributed by atoms with Gasteiger partial charge in [0, 0.05) is 6.04 Å². The third kappa shape index (κ3) is 3.80. The van der Waals surface area contributed by atoms with Gasteiger partial charge in [0.05, 0.1) is 11.9 Å². The Morgan fingerprint density at radius 3 is 2.70 bits per heavy atom. The molecule has 0 saturated carbocycles. The molecule has 0 bridgehead atoms. The number of nitrogens with zero attached hydrogens (tertiary/aromatic N) is 2. The van der Waals surface area contributed by atoms with E-state index in [1.807, 2.05) is 0 Å². The fourth-order valence-electron chi connectivity index (χ4n) is 2.55. The van der Waals surface area contributed by atoms with E-state index in [0.29, 0.717) is 5.69 Å². The molecule has 0 radical (unpaired) electrons. The summed E-state index contributed by atoms with van der Waals surface area (Å²) in [7, 11) is -3.44. The Hall–Kier alpha value is -0.920. The molecule has 1 aliphatic rings. The molecule has 1 aromatic rings. The zero-order chi connectivity index (χ0) is 14.6. The lowest BCUT2D eigenvalue weighted by molar-refractivity contribution is 0.205. The highest BCUT2D eigenvalue weighted by Gasteiger charge is 2.26. The van der Waals surface area contributed by atoms with Crippen molar-refractivity contribution in [2.75, 3.05) is 19.6 Å². The summed E-state index contributed by atoms with van der Waals surface area (Å²) in [5.41, 5.74) is 0.581. The van der Waals surface area contributed by atoms with Gasteiger partial charge in [0.1, 0.15) is 4.90 Å². The number of hydrogen-bond acceptors (Lipinski definition) is 4. The van der Waals surface area contributed by atoms with Crippen molar-refractivity contribution in [3.05, 3.63) is 11.9 Å². The standard InChI is InChI=1S/C13H24N4O2S/c1-3-4-7-17-8-5-12(6-9-17)16-20(18,19)13-10-14-15-11(13)2/h10,12,16H,3-9H2,1-2H3,(H,14,15). The molecule has 1 aliphatic heterocycles. The SMILES string of the molecule is CCCCN1CCC(NS(=O)(=O)c2cn[nH]c2C)CC1. The van der Waals surface area contributed by atoms with Crippen LogP contribution in [0, 0.1) is 6.92 Å². The van der Waals surface area contributed by atoms with E-state index in [9.17, 15) is 8.42 Å². The first-order valence-electron chi connectivity index (χ1n) is 7.27. The Bertz CT molecular complexity index is 518. The predicted octanol–water partition coefficient (Wildman–Crippen LogP) is 1.26. The first-order valence-corrected chi connectivity index (χ1v) is 8.76. The maximum atomic E-state index is 12.3. The van der Waals surface area contributed by atoms with E-state index in [2.05, 4.69) is 26.7 Å².